The summed E-state index contributed by atoms with van der Waals surface area (Å²) < 4.78 is 11.4. The molecule has 0 spiro atoms. The molecule has 42 heavy (non-hydrogen) atoms. The van der Waals surface area contributed by atoms with Gasteiger partial charge in [-0.25, -0.2) is 4.79 Å². The molecule has 1 heterocycles. The van der Waals surface area contributed by atoms with Crippen molar-refractivity contribution >= 4 is 40.8 Å². The van der Waals surface area contributed by atoms with Crippen LogP contribution in [0, 0.1) is 26.9 Å². The number of aromatic nitrogens is 2. The van der Waals surface area contributed by atoms with Gasteiger partial charge >= 0.3 is 29.5 Å². The first-order valence-corrected chi connectivity index (χ1v) is 11.9. The van der Waals surface area contributed by atoms with E-state index < -0.39 is 59.1 Å². The lowest BCUT2D eigenvalue weighted by molar-refractivity contribution is -0.385. The van der Waals surface area contributed by atoms with Crippen molar-refractivity contribution in [2.45, 2.75) is 18.9 Å². The van der Waals surface area contributed by atoms with Crippen molar-refractivity contribution in [1.82, 2.24) is 9.97 Å². The number of carboxylic acid groups (broad SMARTS) is 2. The van der Waals surface area contributed by atoms with Crippen LogP contribution >= 0.6 is 0 Å². The zero-order chi connectivity index (χ0) is 31.0. The number of anilines is 3. The smallest absolute Gasteiger partial charge is 0.373 e. The van der Waals surface area contributed by atoms with Gasteiger partial charge < -0.3 is 41.0 Å². The molecule has 0 amide bonds. The van der Waals surface area contributed by atoms with Crippen molar-refractivity contribution in [2.75, 3.05) is 29.6 Å². The SMILES string of the molecule is CN(C)c1cc(Oc2nc(Oc3cccc(NC(=N)N)c3)nc(NC(CCC(=O)O)C(=O)O)c2[N+](=O)[O-])ccc1C#N. The Balaban J connectivity index is 2.14. The molecule has 3 aromatic rings. The largest absolute Gasteiger partial charge is 0.481 e. The molecule has 1 unspecified atom stereocenters. The Morgan fingerprint density at radius 2 is 1.90 bits per heavy atom. The number of hydrogen-bond donors (Lipinski definition) is 6. The molecular formula is C25H25N9O8. The highest BCUT2D eigenvalue weighted by Gasteiger charge is 2.31. The van der Waals surface area contributed by atoms with Gasteiger partial charge in [0.05, 0.1) is 16.2 Å². The number of rotatable bonds is 13. The second-order valence-electron chi connectivity index (χ2n) is 8.69. The molecule has 0 radical (unpaired) electrons. The van der Waals surface area contributed by atoms with Crippen molar-refractivity contribution in [3.8, 4) is 29.5 Å². The van der Waals surface area contributed by atoms with Crippen molar-refractivity contribution in [3.05, 3.63) is 58.1 Å². The number of nitriles is 1. The van der Waals surface area contributed by atoms with E-state index in [-0.39, 0.29) is 17.5 Å². The highest BCUT2D eigenvalue weighted by Crippen LogP contribution is 2.39. The Bertz CT molecular complexity index is 1570. The molecule has 218 valence electrons. The fraction of sp³-hybridized carbons (Fsp3) is 0.200. The monoisotopic (exact) mass is 579 g/mol. The molecule has 0 aliphatic rings. The summed E-state index contributed by atoms with van der Waals surface area (Å²) in [6, 6.07) is 10.3. The van der Waals surface area contributed by atoms with Gasteiger partial charge in [-0.3, -0.25) is 20.3 Å². The van der Waals surface area contributed by atoms with E-state index in [1.54, 1.807) is 31.1 Å². The predicted octanol–water partition coefficient (Wildman–Crippen LogP) is 2.94. The Morgan fingerprint density at radius 1 is 1.19 bits per heavy atom. The summed E-state index contributed by atoms with van der Waals surface area (Å²) >= 11 is 0. The van der Waals surface area contributed by atoms with E-state index in [4.69, 9.17) is 25.7 Å². The Hall–Kier alpha value is -6.18. The molecule has 1 atom stereocenters. The normalized spacial score (nSPS) is 11.0. The molecule has 0 aliphatic carbocycles. The number of carbonyl (C=O) groups is 2. The molecule has 0 bridgehead atoms. The van der Waals surface area contributed by atoms with Crippen LogP contribution in [0.5, 0.6) is 23.4 Å². The Morgan fingerprint density at radius 3 is 2.50 bits per heavy atom. The number of aliphatic carboxylic acids is 2. The highest BCUT2D eigenvalue weighted by molar-refractivity contribution is 5.89. The van der Waals surface area contributed by atoms with Gasteiger partial charge in [0, 0.05) is 38.3 Å². The standard InChI is InChI=1S/C25H25N9O8/c1-33(2)18-11-16(7-6-13(18)12-26)41-22-20(34(39)40)21(30-17(23(37)38)8-9-19(35)36)31-25(32-22)42-15-5-3-4-14(10-15)29-24(27)28/h3-7,10-11,17H,8-9H2,1-2H3,(H,35,36)(H,37,38)(H4,27,28,29)(H,30,31,32). The first kappa shape index (κ1) is 30.4. The molecule has 0 fully saturated rings. The summed E-state index contributed by atoms with van der Waals surface area (Å²) in [7, 11) is 3.36. The minimum atomic E-state index is -1.59. The minimum absolute atomic E-state index is 0.0460. The second kappa shape index (κ2) is 13.3. The number of nitrogens with two attached hydrogens (primary N) is 1. The number of carboxylic acids is 2. The topological polar surface area (TPSA) is 263 Å². The van der Waals surface area contributed by atoms with Gasteiger partial charge in [0.1, 0.15) is 23.6 Å². The molecule has 1 aromatic heterocycles. The molecule has 0 saturated carbocycles. The number of nitro groups is 1. The van der Waals surface area contributed by atoms with Crippen LogP contribution < -0.4 is 30.7 Å². The van der Waals surface area contributed by atoms with E-state index in [0.717, 1.165) is 0 Å². The summed E-state index contributed by atoms with van der Waals surface area (Å²) in [5, 5.41) is 52.5. The van der Waals surface area contributed by atoms with Crippen molar-refractivity contribution in [1.29, 1.82) is 10.7 Å². The van der Waals surface area contributed by atoms with Gasteiger partial charge in [0.15, 0.2) is 5.96 Å². The zero-order valence-electron chi connectivity index (χ0n) is 22.2. The van der Waals surface area contributed by atoms with Crippen LogP contribution in [0.3, 0.4) is 0 Å². The molecule has 17 heteroatoms. The fourth-order valence-electron chi connectivity index (χ4n) is 3.54. The number of benzene rings is 2. The summed E-state index contributed by atoms with van der Waals surface area (Å²) in [6.45, 7) is 0. The van der Waals surface area contributed by atoms with E-state index in [1.807, 2.05) is 6.07 Å². The predicted molar refractivity (Wildman–Crippen MR) is 148 cm³/mol. The van der Waals surface area contributed by atoms with E-state index in [1.165, 1.54) is 30.3 Å². The minimum Gasteiger partial charge on any atom is -0.481 e. The lowest BCUT2D eigenvalue weighted by Crippen LogP contribution is -2.30. The summed E-state index contributed by atoms with van der Waals surface area (Å²) in [4.78, 5) is 43.8. The van der Waals surface area contributed by atoms with Crippen molar-refractivity contribution in [3.63, 3.8) is 0 Å². The summed E-state index contributed by atoms with van der Waals surface area (Å²) in [6.07, 6.45) is -0.983. The van der Waals surface area contributed by atoms with Gasteiger partial charge in [-0.1, -0.05) is 6.07 Å². The third-order valence-electron chi connectivity index (χ3n) is 5.38. The number of nitrogens with one attached hydrogen (secondary N) is 3. The van der Waals surface area contributed by atoms with Crippen molar-refractivity contribution in [2.24, 2.45) is 5.73 Å². The van der Waals surface area contributed by atoms with Crippen LogP contribution in [0.15, 0.2) is 42.5 Å². The van der Waals surface area contributed by atoms with Crippen LogP contribution in [0.4, 0.5) is 22.9 Å². The van der Waals surface area contributed by atoms with Crippen LogP contribution in [0.1, 0.15) is 18.4 Å². The van der Waals surface area contributed by atoms with Gasteiger partial charge in [0.2, 0.25) is 5.82 Å². The summed E-state index contributed by atoms with van der Waals surface area (Å²) in [5.74, 6) is -4.20. The quantitative estimate of drug-likeness (QED) is 0.0735. The molecule has 2 aromatic carbocycles. The number of hydrogen-bond acceptors (Lipinski definition) is 12. The third kappa shape index (κ3) is 7.92. The molecule has 0 saturated heterocycles. The third-order valence-corrected chi connectivity index (χ3v) is 5.38. The first-order valence-electron chi connectivity index (χ1n) is 11.9. The Labute approximate surface area is 237 Å². The average Bonchev–Trinajstić information content (AvgIpc) is 2.90. The maximum atomic E-state index is 12.2. The number of nitrogens with zero attached hydrogens (tertiary/aromatic N) is 5. The molecule has 3 rings (SSSR count). The highest BCUT2D eigenvalue weighted by atomic mass is 16.6. The molecule has 0 aliphatic heterocycles. The van der Waals surface area contributed by atoms with E-state index in [2.05, 4.69) is 20.6 Å². The maximum Gasteiger partial charge on any atom is 0.373 e. The average molecular weight is 580 g/mol. The van der Waals surface area contributed by atoms with Crippen LogP contribution in [0.2, 0.25) is 0 Å². The molecular weight excluding hydrogens is 554 g/mol. The lowest BCUT2D eigenvalue weighted by Gasteiger charge is -2.17. The molecule has 17 nitrogen and oxygen atoms in total. The maximum absolute atomic E-state index is 12.2. The van der Waals surface area contributed by atoms with Crippen LogP contribution in [-0.2, 0) is 9.59 Å². The van der Waals surface area contributed by atoms with Gasteiger partial charge in [-0.05, 0) is 30.7 Å². The van der Waals surface area contributed by atoms with E-state index in [9.17, 15) is 30.1 Å². The second-order valence-corrected chi connectivity index (χ2v) is 8.69. The number of ether oxygens (including phenoxy) is 2. The van der Waals surface area contributed by atoms with Gasteiger partial charge in [-0.2, -0.15) is 15.2 Å². The van der Waals surface area contributed by atoms with E-state index in [0.29, 0.717) is 16.9 Å². The summed E-state index contributed by atoms with van der Waals surface area (Å²) in [5.41, 5.74) is 5.61. The lowest BCUT2D eigenvalue weighted by atomic mass is 10.1. The van der Waals surface area contributed by atoms with Crippen molar-refractivity contribution < 1.29 is 34.2 Å². The number of guanidine groups is 1. The van der Waals surface area contributed by atoms with Gasteiger partial charge in [0.25, 0.3) is 0 Å². The van der Waals surface area contributed by atoms with Crippen LogP contribution in [-0.4, -0.2) is 63.1 Å². The van der Waals surface area contributed by atoms with Crippen LogP contribution in [0.25, 0.3) is 0 Å². The van der Waals surface area contributed by atoms with E-state index >= 15 is 0 Å². The zero-order valence-corrected chi connectivity index (χ0v) is 22.2. The molecule has 7 N–H and O–H groups in total. The first-order chi connectivity index (χ1) is 19.9. The van der Waals surface area contributed by atoms with Gasteiger partial charge in [-0.15, -0.1) is 0 Å². The fourth-order valence-corrected chi connectivity index (χ4v) is 3.54. The Kier molecular flexibility index (Phi) is 9.58.